The molecule has 160 valence electrons. The molecular formula is C21H18N2O6S2. The molecule has 1 aromatic heterocycles. The maximum Gasteiger partial charge on any atom is 0.329 e. The lowest BCUT2D eigenvalue weighted by Crippen LogP contribution is -2.46. The molecule has 1 atom stereocenters. The van der Waals surface area contributed by atoms with E-state index < -0.39 is 33.7 Å². The number of thiazole rings is 1. The molecule has 0 spiro atoms. The normalized spacial score (nSPS) is 14.7. The first kappa shape index (κ1) is 21.1. The fraction of sp³-hybridized carbons (Fsp3) is 0.238. The van der Waals surface area contributed by atoms with Gasteiger partial charge >= 0.3 is 5.97 Å². The topological polar surface area (TPSA) is 111 Å². The van der Waals surface area contributed by atoms with Gasteiger partial charge in [-0.25, -0.2) is 18.2 Å². The van der Waals surface area contributed by atoms with E-state index >= 15 is 0 Å². The zero-order chi connectivity index (χ0) is 22.2. The summed E-state index contributed by atoms with van der Waals surface area (Å²) in [6.07, 6.45) is 0.780. The number of amides is 2. The van der Waals surface area contributed by atoms with Crippen molar-refractivity contribution >= 4 is 49.2 Å². The first-order valence-corrected chi connectivity index (χ1v) is 12.3. The summed E-state index contributed by atoms with van der Waals surface area (Å²) in [5.74, 6) is -2.51. The van der Waals surface area contributed by atoms with Gasteiger partial charge in [0.25, 0.3) is 11.8 Å². The van der Waals surface area contributed by atoms with Crippen LogP contribution in [-0.2, 0) is 26.0 Å². The molecule has 0 saturated carbocycles. The Bertz CT molecular complexity index is 1230. The highest BCUT2D eigenvalue weighted by Gasteiger charge is 2.43. The maximum absolute atomic E-state index is 12.9. The number of sulfone groups is 1. The molecular weight excluding hydrogens is 440 g/mol. The minimum atomic E-state index is -3.44. The summed E-state index contributed by atoms with van der Waals surface area (Å²) >= 11 is 1.36. The van der Waals surface area contributed by atoms with Crippen molar-refractivity contribution in [2.75, 3.05) is 12.0 Å². The summed E-state index contributed by atoms with van der Waals surface area (Å²) in [6, 6.07) is 12.3. The van der Waals surface area contributed by atoms with Gasteiger partial charge in [-0.1, -0.05) is 24.3 Å². The molecule has 1 aliphatic rings. The highest BCUT2D eigenvalue weighted by molar-refractivity contribution is 7.90. The van der Waals surface area contributed by atoms with E-state index in [0.717, 1.165) is 21.4 Å². The molecule has 1 unspecified atom stereocenters. The number of ether oxygens (including phenoxy) is 1. The summed E-state index contributed by atoms with van der Waals surface area (Å²) < 4.78 is 29.7. The predicted octanol–water partition coefficient (Wildman–Crippen LogP) is 2.44. The Morgan fingerprint density at radius 1 is 1.06 bits per heavy atom. The first-order valence-electron chi connectivity index (χ1n) is 9.40. The van der Waals surface area contributed by atoms with Crippen molar-refractivity contribution in [1.82, 2.24) is 9.88 Å². The molecule has 0 saturated heterocycles. The highest BCUT2D eigenvalue weighted by atomic mass is 32.2. The molecule has 3 aromatic rings. The number of imide groups is 1. The molecule has 8 nitrogen and oxygen atoms in total. The molecule has 0 fully saturated rings. The number of esters is 1. The monoisotopic (exact) mass is 458 g/mol. The molecule has 4 rings (SSSR count). The molecule has 2 heterocycles. The van der Waals surface area contributed by atoms with Gasteiger partial charge < -0.3 is 4.74 Å². The molecule has 0 bridgehead atoms. The number of hydrogen-bond donors (Lipinski definition) is 0. The minimum absolute atomic E-state index is 0.142. The largest absolute Gasteiger partial charge is 0.457 e. The number of carbonyl (C=O) groups excluding carboxylic acids is 3. The number of nitrogens with zero attached hydrogens (tertiary/aromatic N) is 2. The Morgan fingerprint density at radius 3 is 2.29 bits per heavy atom. The number of benzene rings is 2. The quantitative estimate of drug-likeness (QED) is 0.395. The minimum Gasteiger partial charge on any atom is -0.457 e. The van der Waals surface area contributed by atoms with Crippen LogP contribution < -0.4 is 0 Å². The van der Waals surface area contributed by atoms with Gasteiger partial charge in [-0.05, 0) is 30.7 Å². The second-order valence-corrected chi connectivity index (χ2v) is 10.5. The van der Waals surface area contributed by atoms with Crippen molar-refractivity contribution in [2.45, 2.75) is 19.1 Å². The van der Waals surface area contributed by atoms with E-state index in [4.69, 9.17) is 4.74 Å². The second kappa shape index (κ2) is 8.20. The van der Waals surface area contributed by atoms with E-state index in [1.165, 1.54) is 23.5 Å². The Labute approximate surface area is 182 Å². The third-order valence-corrected chi connectivity index (χ3v) is 6.83. The van der Waals surface area contributed by atoms with Gasteiger partial charge in [0.1, 0.15) is 27.5 Å². The Balaban J connectivity index is 1.56. The van der Waals surface area contributed by atoms with Crippen molar-refractivity contribution in [3.8, 4) is 0 Å². The average molecular weight is 459 g/mol. The van der Waals surface area contributed by atoms with Crippen LogP contribution >= 0.6 is 11.3 Å². The standard InChI is InChI=1S/C21H18N2O6S2/c1-31(27,28)11-10-16(23-19(24)13-6-2-3-7-14(13)20(23)25)21(26)29-12-18-22-15-8-4-5-9-17(15)30-18/h2-9,16H,10-12H2,1H3. The number of aromatic nitrogens is 1. The van der Waals surface area contributed by atoms with Crippen molar-refractivity contribution in [1.29, 1.82) is 0 Å². The lowest BCUT2D eigenvalue weighted by atomic mass is 10.1. The van der Waals surface area contributed by atoms with Crippen LogP contribution in [0, 0.1) is 0 Å². The Hall–Kier alpha value is -3.11. The molecule has 2 amide bonds. The zero-order valence-electron chi connectivity index (χ0n) is 16.5. The number of para-hydroxylation sites is 1. The SMILES string of the molecule is CS(=O)(=O)CCC(C(=O)OCc1nc2ccccc2s1)N1C(=O)c2ccccc2C1=O. The third kappa shape index (κ3) is 4.35. The number of carbonyl (C=O) groups is 3. The van der Waals surface area contributed by atoms with Gasteiger partial charge in [-0.15, -0.1) is 11.3 Å². The number of rotatable bonds is 7. The molecule has 1 aliphatic heterocycles. The fourth-order valence-electron chi connectivity index (χ4n) is 3.38. The molecule has 0 N–H and O–H groups in total. The van der Waals surface area contributed by atoms with Crippen LogP contribution in [0.4, 0.5) is 0 Å². The lowest BCUT2D eigenvalue weighted by Gasteiger charge is -2.24. The Kier molecular flexibility index (Phi) is 5.59. The Morgan fingerprint density at radius 2 is 1.68 bits per heavy atom. The van der Waals surface area contributed by atoms with Crippen molar-refractivity contribution in [2.24, 2.45) is 0 Å². The molecule has 31 heavy (non-hydrogen) atoms. The number of fused-ring (bicyclic) bond motifs is 2. The van der Waals surface area contributed by atoms with Crippen LogP contribution in [0.15, 0.2) is 48.5 Å². The van der Waals surface area contributed by atoms with Crippen LogP contribution in [0.25, 0.3) is 10.2 Å². The van der Waals surface area contributed by atoms with E-state index in [0.29, 0.717) is 5.01 Å². The van der Waals surface area contributed by atoms with Gasteiger partial charge in [0.15, 0.2) is 0 Å². The third-order valence-electron chi connectivity index (χ3n) is 4.85. The van der Waals surface area contributed by atoms with E-state index in [1.54, 1.807) is 12.1 Å². The smallest absolute Gasteiger partial charge is 0.329 e. The first-order chi connectivity index (χ1) is 14.7. The van der Waals surface area contributed by atoms with E-state index in [2.05, 4.69) is 4.98 Å². The fourth-order valence-corrected chi connectivity index (χ4v) is 4.91. The molecule has 0 radical (unpaired) electrons. The maximum atomic E-state index is 12.9. The van der Waals surface area contributed by atoms with E-state index in [1.807, 2.05) is 24.3 Å². The average Bonchev–Trinajstić information content (AvgIpc) is 3.26. The van der Waals surface area contributed by atoms with Crippen LogP contribution in [-0.4, -0.2) is 54.1 Å². The van der Waals surface area contributed by atoms with Crippen molar-refractivity contribution in [3.63, 3.8) is 0 Å². The summed E-state index contributed by atoms with van der Waals surface area (Å²) in [7, 11) is -3.44. The summed E-state index contributed by atoms with van der Waals surface area (Å²) in [6.45, 7) is -0.142. The lowest BCUT2D eigenvalue weighted by molar-refractivity contribution is -0.149. The van der Waals surface area contributed by atoms with Gasteiger partial charge in [-0.3, -0.25) is 14.5 Å². The second-order valence-electron chi connectivity index (χ2n) is 7.14. The van der Waals surface area contributed by atoms with Crippen LogP contribution in [0.2, 0.25) is 0 Å². The summed E-state index contributed by atoms with van der Waals surface area (Å²) in [5.41, 5.74) is 1.12. The predicted molar refractivity (Wildman–Crippen MR) is 114 cm³/mol. The van der Waals surface area contributed by atoms with Gasteiger partial charge in [0.05, 0.1) is 27.1 Å². The van der Waals surface area contributed by atoms with Crippen LogP contribution in [0.1, 0.15) is 32.1 Å². The summed E-state index contributed by atoms with van der Waals surface area (Å²) in [5, 5.41) is 0.554. The van der Waals surface area contributed by atoms with Gasteiger partial charge in [0.2, 0.25) is 0 Å². The van der Waals surface area contributed by atoms with Crippen molar-refractivity contribution < 1.29 is 27.5 Å². The number of hydrogen-bond acceptors (Lipinski definition) is 8. The molecule has 0 aliphatic carbocycles. The zero-order valence-corrected chi connectivity index (χ0v) is 18.1. The van der Waals surface area contributed by atoms with Crippen molar-refractivity contribution in [3.05, 3.63) is 64.7 Å². The molecule has 2 aromatic carbocycles. The molecule has 10 heteroatoms. The summed E-state index contributed by atoms with van der Waals surface area (Å²) in [4.78, 5) is 43.7. The van der Waals surface area contributed by atoms with E-state index in [9.17, 15) is 22.8 Å². The van der Waals surface area contributed by atoms with Gasteiger partial charge in [-0.2, -0.15) is 0 Å². The van der Waals surface area contributed by atoms with E-state index in [-0.39, 0.29) is 29.9 Å². The van der Waals surface area contributed by atoms with Crippen LogP contribution in [0.5, 0.6) is 0 Å². The highest BCUT2D eigenvalue weighted by Crippen LogP contribution is 2.27. The van der Waals surface area contributed by atoms with Gasteiger partial charge in [0, 0.05) is 6.26 Å². The van der Waals surface area contributed by atoms with Crippen LogP contribution in [0.3, 0.4) is 0 Å².